The molecule has 0 bridgehead atoms. The normalized spacial score (nSPS) is 11.5. The Hall–Kier alpha value is -3.58. The van der Waals surface area contributed by atoms with E-state index in [4.69, 9.17) is 27.9 Å². The maximum atomic E-state index is 12.2. The molecule has 4 N–H and O–H groups in total. The number of anilines is 7. The fourth-order valence-electron chi connectivity index (χ4n) is 3.54. The van der Waals surface area contributed by atoms with Crippen LogP contribution >= 0.6 is 23.2 Å². The molecule has 2 aromatic carbocycles. The molecule has 11 nitrogen and oxygen atoms in total. The molecule has 1 aromatic heterocycles. The van der Waals surface area contributed by atoms with E-state index in [1.54, 1.807) is 31.4 Å². The second-order valence-electron chi connectivity index (χ2n) is 8.85. The highest BCUT2D eigenvalue weighted by molar-refractivity contribution is 7.85. The fourth-order valence-corrected chi connectivity index (χ4v) is 4.47. The van der Waals surface area contributed by atoms with E-state index in [2.05, 4.69) is 42.1 Å². The molecule has 0 radical (unpaired) electrons. The van der Waals surface area contributed by atoms with Crippen LogP contribution in [0.2, 0.25) is 10.0 Å². The van der Waals surface area contributed by atoms with Gasteiger partial charge in [-0.2, -0.15) is 4.98 Å². The Morgan fingerprint density at radius 2 is 1.85 bits per heavy atom. The molecule has 0 aliphatic carbocycles. The summed E-state index contributed by atoms with van der Waals surface area (Å²) in [6.07, 6.45) is 4.14. The lowest BCUT2D eigenvalue weighted by molar-refractivity contribution is -0.111. The van der Waals surface area contributed by atoms with E-state index in [1.807, 2.05) is 32.1 Å². The van der Waals surface area contributed by atoms with Gasteiger partial charge >= 0.3 is 0 Å². The molecule has 214 valence electrons. The van der Waals surface area contributed by atoms with Crippen LogP contribution in [0.5, 0.6) is 5.75 Å². The molecule has 0 aliphatic heterocycles. The fraction of sp³-hybridized carbons (Fsp3) is 0.269. The van der Waals surface area contributed by atoms with Crippen molar-refractivity contribution in [2.24, 2.45) is 0 Å². The molecule has 14 heteroatoms. The van der Waals surface area contributed by atoms with Gasteiger partial charge in [-0.1, -0.05) is 35.8 Å². The van der Waals surface area contributed by atoms with E-state index in [-0.39, 0.29) is 22.7 Å². The predicted molar refractivity (Wildman–Crippen MR) is 166 cm³/mol. The average Bonchev–Trinajstić information content (AvgIpc) is 2.91. The first kappa shape index (κ1) is 31.0. The molecule has 1 atom stereocenters. The van der Waals surface area contributed by atoms with Gasteiger partial charge in [0, 0.05) is 32.5 Å². The van der Waals surface area contributed by atoms with Crippen molar-refractivity contribution in [2.45, 2.75) is 0 Å². The topological polar surface area (TPSA) is 124 Å². The third-order valence-electron chi connectivity index (χ3n) is 5.56. The monoisotopic (exact) mass is 606 g/mol. The lowest BCUT2D eigenvalue weighted by Gasteiger charge is -2.26. The first-order valence-corrected chi connectivity index (χ1v) is 14.3. The molecular weight excluding hydrogens is 575 g/mol. The standard InChI is InChI=1S/C26H32Cl2N8O3S/c1-7-23(37)30-19-13-20(22(39-5)14-21(19)36(4)12-11-35(2)3)32-26-29-15-17(28)25(33-26)31-18-10-8-9-16(27)24(18)34-40(6)38/h7-10,13-15,34H,1,11-12H2,2-6H3,(H,30,37)(H2,29,31,32,33). The quantitative estimate of drug-likeness (QED) is 0.196. The first-order valence-electron chi connectivity index (χ1n) is 12.0. The van der Waals surface area contributed by atoms with Crippen LogP contribution in [0.3, 0.4) is 0 Å². The van der Waals surface area contributed by atoms with Gasteiger partial charge in [0.05, 0.1) is 46.8 Å². The Balaban J connectivity index is 1.98. The molecule has 0 fully saturated rings. The van der Waals surface area contributed by atoms with E-state index >= 15 is 0 Å². The van der Waals surface area contributed by atoms with Crippen molar-refractivity contribution in [3.05, 3.63) is 59.2 Å². The van der Waals surface area contributed by atoms with E-state index < -0.39 is 11.0 Å². The van der Waals surface area contributed by atoms with Crippen molar-refractivity contribution in [2.75, 3.05) is 73.2 Å². The second kappa shape index (κ2) is 14.2. The summed E-state index contributed by atoms with van der Waals surface area (Å²) in [5.74, 6) is 0.635. The number of aromatic nitrogens is 2. The first-order chi connectivity index (χ1) is 19.0. The highest BCUT2D eigenvalue weighted by atomic mass is 35.5. The smallest absolute Gasteiger partial charge is 0.247 e. The second-order valence-corrected chi connectivity index (χ2v) is 10.8. The molecule has 3 aromatic rings. The zero-order valence-electron chi connectivity index (χ0n) is 22.8. The van der Waals surface area contributed by atoms with Gasteiger partial charge in [0.15, 0.2) is 5.82 Å². The van der Waals surface area contributed by atoms with Gasteiger partial charge in [-0.15, -0.1) is 0 Å². The average molecular weight is 608 g/mol. The summed E-state index contributed by atoms with van der Waals surface area (Å²) in [5.41, 5.74) is 2.77. The van der Waals surface area contributed by atoms with Crippen LogP contribution < -0.4 is 30.3 Å². The molecule has 1 heterocycles. The van der Waals surface area contributed by atoms with Gasteiger partial charge in [0.2, 0.25) is 11.9 Å². The van der Waals surface area contributed by atoms with E-state index in [0.29, 0.717) is 40.1 Å². The van der Waals surface area contributed by atoms with Crippen LogP contribution in [-0.2, 0) is 15.8 Å². The number of nitrogens with zero attached hydrogens (tertiary/aromatic N) is 4. The number of amides is 1. The van der Waals surface area contributed by atoms with Crippen LogP contribution in [0.25, 0.3) is 0 Å². The van der Waals surface area contributed by atoms with Crippen LogP contribution in [-0.4, -0.2) is 72.6 Å². The maximum Gasteiger partial charge on any atom is 0.247 e. The Morgan fingerprint density at radius 1 is 1.10 bits per heavy atom. The minimum absolute atomic E-state index is 0.204. The Labute approximate surface area is 246 Å². The minimum Gasteiger partial charge on any atom is -0.494 e. The molecule has 0 saturated carbocycles. The number of rotatable bonds is 13. The Bertz CT molecular complexity index is 1410. The van der Waals surface area contributed by atoms with Crippen molar-refractivity contribution in [3.63, 3.8) is 0 Å². The zero-order chi connectivity index (χ0) is 29.4. The summed E-state index contributed by atoms with van der Waals surface area (Å²) in [4.78, 5) is 25.1. The molecular formula is C26H32Cl2N8O3S. The minimum atomic E-state index is -1.36. The number of carbonyl (C=O) groups excluding carboxylic acids is 1. The van der Waals surface area contributed by atoms with Gasteiger partial charge < -0.3 is 35.2 Å². The van der Waals surface area contributed by atoms with Gasteiger partial charge in [0.25, 0.3) is 0 Å². The van der Waals surface area contributed by atoms with Crippen molar-refractivity contribution < 1.29 is 13.7 Å². The van der Waals surface area contributed by atoms with Gasteiger partial charge in [0.1, 0.15) is 21.8 Å². The van der Waals surface area contributed by atoms with Gasteiger partial charge in [-0.3, -0.25) is 4.79 Å². The number of halogens is 2. The van der Waals surface area contributed by atoms with E-state index in [0.717, 1.165) is 12.2 Å². The Morgan fingerprint density at radius 3 is 2.50 bits per heavy atom. The summed E-state index contributed by atoms with van der Waals surface area (Å²) in [7, 11) is 6.10. The van der Waals surface area contributed by atoms with Crippen LogP contribution in [0.15, 0.2) is 49.2 Å². The molecule has 1 unspecified atom stereocenters. The van der Waals surface area contributed by atoms with Gasteiger partial charge in [-0.05, 0) is 38.4 Å². The third kappa shape index (κ3) is 8.21. The van der Waals surface area contributed by atoms with E-state index in [9.17, 15) is 9.00 Å². The lowest BCUT2D eigenvalue weighted by Crippen LogP contribution is -2.29. The summed E-state index contributed by atoms with van der Waals surface area (Å²) in [5, 5.41) is 9.74. The van der Waals surface area contributed by atoms with Crippen molar-refractivity contribution in [1.82, 2.24) is 14.9 Å². The summed E-state index contributed by atoms with van der Waals surface area (Å²) >= 11 is 12.7. The molecule has 3 rings (SSSR count). The van der Waals surface area contributed by atoms with Gasteiger partial charge in [-0.25, -0.2) is 9.19 Å². The summed E-state index contributed by atoms with van der Waals surface area (Å²) in [6, 6.07) is 8.72. The van der Waals surface area contributed by atoms with Crippen molar-refractivity contribution in [3.8, 4) is 5.75 Å². The number of para-hydroxylation sites is 1. The lowest BCUT2D eigenvalue weighted by atomic mass is 10.2. The summed E-state index contributed by atoms with van der Waals surface area (Å²) < 4.78 is 20.3. The number of benzene rings is 2. The maximum absolute atomic E-state index is 12.2. The van der Waals surface area contributed by atoms with Crippen molar-refractivity contribution in [1.29, 1.82) is 0 Å². The largest absolute Gasteiger partial charge is 0.494 e. The molecule has 0 aliphatic rings. The molecule has 0 spiro atoms. The number of ether oxygens (including phenoxy) is 1. The van der Waals surface area contributed by atoms with Crippen LogP contribution in [0.1, 0.15) is 0 Å². The highest BCUT2D eigenvalue weighted by Gasteiger charge is 2.18. The Kier molecular flexibility index (Phi) is 11.0. The third-order valence-corrected chi connectivity index (χ3v) is 6.64. The van der Waals surface area contributed by atoms with E-state index in [1.165, 1.54) is 18.5 Å². The molecule has 0 saturated heterocycles. The SMILES string of the molecule is C=CC(=O)Nc1cc(Nc2ncc(Cl)c(Nc3cccc(Cl)c3NS(C)=O)n2)c(OC)cc1N(C)CCN(C)C. The zero-order valence-corrected chi connectivity index (χ0v) is 25.2. The van der Waals surface area contributed by atoms with Crippen LogP contribution in [0.4, 0.5) is 40.2 Å². The number of nitrogens with one attached hydrogen (secondary N) is 4. The molecule has 40 heavy (non-hydrogen) atoms. The van der Waals surface area contributed by atoms with Crippen molar-refractivity contribution >= 4 is 80.3 Å². The number of likely N-dealkylation sites (N-methyl/N-ethyl adjacent to an activating group) is 2. The van der Waals surface area contributed by atoms with Crippen LogP contribution in [0, 0.1) is 0 Å². The number of hydrogen-bond acceptors (Lipinski definition) is 9. The summed E-state index contributed by atoms with van der Waals surface area (Å²) in [6.45, 7) is 5.07. The number of carbonyl (C=O) groups is 1. The number of methoxy groups -OCH3 is 1. The molecule has 1 amide bonds. The highest BCUT2D eigenvalue weighted by Crippen LogP contribution is 2.39. The number of hydrogen-bond donors (Lipinski definition) is 4. The predicted octanol–water partition coefficient (Wildman–Crippen LogP) is 5.11.